The molecule has 1 N–H and O–H groups in total. The van der Waals surface area contributed by atoms with Gasteiger partial charge in [-0.25, -0.2) is 4.79 Å². The Hall–Kier alpha value is -3.80. The summed E-state index contributed by atoms with van der Waals surface area (Å²) in [6, 6.07) is 23.7. The van der Waals surface area contributed by atoms with E-state index >= 15 is 0 Å². The van der Waals surface area contributed by atoms with Gasteiger partial charge < -0.3 is 10.2 Å². The van der Waals surface area contributed by atoms with Gasteiger partial charge in [-0.3, -0.25) is 13.9 Å². The van der Waals surface area contributed by atoms with Crippen molar-refractivity contribution in [3.05, 3.63) is 88.8 Å². The third-order valence-corrected chi connectivity index (χ3v) is 5.70. The molecule has 0 atom stereocenters. The van der Waals surface area contributed by atoms with Crippen molar-refractivity contribution >= 4 is 34.0 Å². The molecule has 0 bridgehead atoms. The van der Waals surface area contributed by atoms with Crippen LogP contribution in [0.5, 0.6) is 0 Å². The van der Waals surface area contributed by atoms with Gasteiger partial charge in [-0.2, -0.15) is 0 Å². The van der Waals surface area contributed by atoms with Gasteiger partial charge in [0, 0.05) is 30.7 Å². The number of benzene rings is 3. The van der Waals surface area contributed by atoms with E-state index in [-0.39, 0.29) is 18.1 Å². The van der Waals surface area contributed by atoms with Crippen LogP contribution in [0.3, 0.4) is 0 Å². The number of rotatable bonds is 4. The predicted octanol–water partition coefficient (Wildman–Crippen LogP) is 3.67. The lowest BCUT2D eigenvalue weighted by Crippen LogP contribution is -2.28. The second-order valence-electron chi connectivity index (χ2n) is 7.54. The van der Waals surface area contributed by atoms with Crippen molar-refractivity contribution in [1.29, 1.82) is 0 Å². The monoisotopic (exact) mass is 398 g/mol. The topological polar surface area (TPSA) is 59.3 Å². The molecule has 0 aliphatic carbocycles. The maximum atomic E-state index is 12.6. The van der Waals surface area contributed by atoms with Crippen molar-refractivity contribution in [2.75, 3.05) is 16.8 Å². The Morgan fingerprint density at radius 3 is 2.43 bits per heavy atom. The highest BCUT2D eigenvalue weighted by Gasteiger charge is 2.19. The van der Waals surface area contributed by atoms with Crippen molar-refractivity contribution in [1.82, 2.24) is 9.13 Å². The zero-order valence-electron chi connectivity index (χ0n) is 16.7. The van der Waals surface area contributed by atoms with E-state index in [9.17, 15) is 9.59 Å². The van der Waals surface area contributed by atoms with E-state index < -0.39 is 0 Å². The maximum Gasteiger partial charge on any atom is 0.329 e. The summed E-state index contributed by atoms with van der Waals surface area (Å²) in [6.07, 6.45) is 1.04. The van der Waals surface area contributed by atoms with Gasteiger partial charge in [-0.05, 0) is 54.4 Å². The summed E-state index contributed by atoms with van der Waals surface area (Å²) in [5.41, 5.74) is 5.77. The highest BCUT2D eigenvalue weighted by atomic mass is 16.2. The third-order valence-electron chi connectivity index (χ3n) is 5.70. The first-order chi connectivity index (χ1) is 14.6. The van der Waals surface area contributed by atoms with Gasteiger partial charge in [0.2, 0.25) is 5.91 Å². The molecule has 0 spiro atoms. The minimum Gasteiger partial charge on any atom is -0.341 e. The van der Waals surface area contributed by atoms with Gasteiger partial charge in [0.05, 0.1) is 11.0 Å². The molecule has 2 heterocycles. The van der Waals surface area contributed by atoms with E-state index in [1.807, 2.05) is 48.5 Å². The third kappa shape index (κ3) is 3.06. The lowest BCUT2D eigenvalue weighted by molar-refractivity contribution is -0.116. The fourth-order valence-corrected chi connectivity index (χ4v) is 4.19. The van der Waals surface area contributed by atoms with Crippen LogP contribution in [0.25, 0.3) is 11.0 Å². The number of anilines is 3. The summed E-state index contributed by atoms with van der Waals surface area (Å²) in [7, 11) is 1.72. The highest BCUT2D eigenvalue weighted by Crippen LogP contribution is 2.34. The first-order valence-corrected chi connectivity index (χ1v) is 10.0. The summed E-state index contributed by atoms with van der Waals surface area (Å²) >= 11 is 0. The van der Waals surface area contributed by atoms with Crippen LogP contribution in [-0.4, -0.2) is 21.6 Å². The molecule has 0 saturated heterocycles. The standard InChI is InChI=1S/C24H22N4O2/c1-26-21-8-4-5-9-22(21)28(24(26)30)16-23(29)25-18-10-12-19(13-11-18)27-15-14-17-6-2-3-7-20(17)27/h2-13H,14-16H2,1H3,(H,25,29). The minimum absolute atomic E-state index is 0.0264. The Kier molecular flexibility index (Phi) is 4.39. The number of amides is 1. The largest absolute Gasteiger partial charge is 0.341 e. The summed E-state index contributed by atoms with van der Waals surface area (Å²) in [5, 5.41) is 2.90. The summed E-state index contributed by atoms with van der Waals surface area (Å²) in [4.78, 5) is 27.4. The predicted molar refractivity (Wildman–Crippen MR) is 119 cm³/mol. The van der Waals surface area contributed by atoms with Crippen LogP contribution in [0.15, 0.2) is 77.6 Å². The van der Waals surface area contributed by atoms with Crippen molar-refractivity contribution in [3.63, 3.8) is 0 Å². The molecule has 0 unspecified atom stereocenters. The number of carbonyl (C=O) groups is 1. The van der Waals surface area contributed by atoms with Gasteiger partial charge in [-0.1, -0.05) is 30.3 Å². The molecule has 1 aliphatic rings. The number of carbonyl (C=O) groups excluding carboxylic acids is 1. The Bertz CT molecular complexity index is 1300. The van der Waals surface area contributed by atoms with Crippen LogP contribution in [0, 0.1) is 0 Å². The average molecular weight is 398 g/mol. The number of imidazole rings is 1. The summed E-state index contributed by atoms with van der Waals surface area (Å²) in [5.74, 6) is -0.229. The molecule has 1 aromatic heterocycles. The molecule has 6 nitrogen and oxygen atoms in total. The number of aromatic nitrogens is 2. The van der Waals surface area contributed by atoms with Gasteiger partial charge in [0.1, 0.15) is 6.54 Å². The van der Waals surface area contributed by atoms with E-state index in [2.05, 4.69) is 34.5 Å². The average Bonchev–Trinajstić information content (AvgIpc) is 3.30. The van der Waals surface area contributed by atoms with Crippen LogP contribution in [0.1, 0.15) is 5.56 Å². The molecule has 150 valence electrons. The van der Waals surface area contributed by atoms with E-state index in [1.165, 1.54) is 15.8 Å². The number of nitrogens with zero attached hydrogens (tertiary/aromatic N) is 3. The number of nitrogens with one attached hydrogen (secondary N) is 1. The van der Waals surface area contributed by atoms with Crippen LogP contribution in [0.4, 0.5) is 17.1 Å². The molecular formula is C24H22N4O2. The van der Waals surface area contributed by atoms with Crippen molar-refractivity contribution < 1.29 is 4.79 Å². The van der Waals surface area contributed by atoms with Crippen molar-refractivity contribution in [2.45, 2.75) is 13.0 Å². The second kappa shape index (κ2) is 7.22. The van der Waals surface area contributed by atoms with Crippen molar-refractivity contribution in [2.24, 2.45) is 7.05 Å². The summed E-state index contributed by atoms with van der Waals surface area (Å²) in [6.45, 7) is 0.927. The normalized spacial score (nSPS) is 12.9. The molecule has 0 radical (unpaired) electrons. The molecule has 5 rings (SSSR count). The molecule has 6 heteroatoms. The van der Waals surface area contributed by atoms with Gasteiger partial charge >= 0.3 is 5.69 Å². The van der Waals surface area contributed by atoms with Crippen molar-refractivity contribution in [3.8, 4) is 0 Å². The summed E-state index contributed by atoms with van der Waals surface area (Å²) < 4.78 is 3.06. The Balaban J connectivity index is 1.32. The maximum absolute atomic E-state index is 12.6. The Morgan fingerprint density at radius 1 is 0.933 bits per heavy atom. The van der Waals surface area contributed by atoms with Crippen LogP contribution in [0.2, 0.25) is 0 Å². The molecular weight excluding hydrogens is 376 g/mol. The molecule has 1 aliphatic heterocycles. The van der Waals surface area contributed by atoms with Gasteiger partial charge in [0.25, 0.3) is 0 Å². The lowest BCUT2D eigenvalue weighted by atomic mass is 10.2. The number of para-hydroxylation sites is 3. The Labute approximate surface area is 174 Å². The zero-order chi connectivity index (χ0) is 20.7. The fourth-order valence-electron chi connectivity index (χ4n) is 4.19. The van der Waals surface area contributed by atoms with Crippen LogP contribution in [-0.2, 0) is 24.8 Å². The highest BCUT2D eigenvalue weighted by molar-refractivity contribution is 5.92. The SMILES string of the molecule is Cn1c(=O)n(CC(=O)Nc2ccc(N3CCc4ccccc43)cc2)c2ccccc21. The fraction of sp³-hybridized carbons (Fsp3) is 0.167. The second-order valence-corrected chi connectivity index (χ2v) is 7.54. The number of hydrogen-bond acceptors (Lipinski definition) is 3. The molecule has 1 amide bonds. The lowest BCUT2D eigenvalue weighted by Gasteiger charge is -2.20. The smallest absolute Gasteiger partial charge is 0.329 e. The first-order valence-electron chi connectivity index (χ1n) is 10.0. The molecule has 0 fully saturated rings. The molecule has 3 aromatic carbocycles. The minimum atomic E-state index is -0.229. The first kappa shape index (κ1) is 18.2. The van der Waals surface area contributed by atoms with E-state index in [0.717, 1.165) is 29.7 Å². The number of aryl methyl sites for hydroxylation is 1. The zero-order valence-corrected chi connectivity index (χ0v) is 16.7. The van der Waals surface area contributed by atoms with E-state index in [4.69, 9.17) is 0 Å². The van der Waals surface area contributed by atoms with Gasteiger partial charge in [-0.15, -0.1) is 0 Å². The number of hydrogen-bond donors (Lipinski definition) is 1. The van der Waals surface area contributed by atoms with Gasteiger partial charge in [0.15, 0.2) is 0 Å². The Morgan fingerprint density at radius 2 is 1.63 bits per heavy atom. The molecule has 30 heavy (non-hydrogen) atoms. The van der Waals surface area contributed by atoms with Crippen LogP contribution < -0.4 is 15.9 Å². The molecule has 4 aromatic rings. The molecule has 0 saturated carbocycles. The number of fused-ring (bicyclic) bond motifs is 2. The van der Waals surface area contributed by atoms with E-state index in [0.29, 0.717) is 5.69 Å². The van der Waals surface area contributed by atoms with Crippen LogP contribution >= 0.6 is 0 Å². The van der Waals surface area contributed by atoms with E-state index in [1.54, 1.807) is 11.6 Å². The quantitative estimate of drug-likeness (QED) is 0.571.